The van der Waals surface area contributed by atoms with E-state index in [1.807, 2.05) is 6.07 Å². The van der Waals surface area contributed by atoms with Crippen LogP contribution in [0.5, 0.6) is 0 Å². The highest BCUT2D eigenvalue weighted by Crippen LogP contribution is 2.36. The molecule has 0 bridgehead atoms. The van der Waals surface area contributed by atoms with Gasteiger partial charge in [-0.05, 0) is 43.7 Å². The Balaban J connectivity index is 1.88. The highest BCUT2D eigenvalue weighted by atomic mass is 32.2. The van der Waals surface area contributed by atoms with Gasteiger partial charge in [-0.3, -0.25) is 9.55 Å². The second-order valence-corrected chi connectivity index (χ2v) is 9.83. The van der Waals surface area contributed by atoms with Gasteiger partial charge in [-0.15, -0.1) is 11.3 Å². The van der Waals surface area contributed by atoms with Crippen LogP contribution >= 0.6 is 11.3 Å². The van der Waals surface area contributed by atoms with Gasteiger partial charge < -0.3 is 0 Å². The maximum Gasteiger partial charge on any atom is 0.404 e. The summed E-state index contributed by atoms with van der Waals surface area (Å²) in [5.74, 6) is -0.0677. The van der Waals surface area contributed by atoms with Crippen LogP contribution in [0.25, 0.3) is 28.1 Å². The molecule has 1 atom stereocenters. The van der Waals surface area contributed by atoms with Gasteiger partial charge >= 0.3 is 6.18 Å². The molecule has 0 saturated carbocycles. The van der Waals surface area contributed by atoms with Crippen molar-refractivity contribution >= 4 is 32.3 Å². The molecule has 0 amide bonds. The first-order valence-electron chi connectivity index (χ1n) is 9.62. The summed E-state index contributed by atoms with van der Waals surface area (Å²) < 4.78 is 80.6. The predicted molar refractivity (Wildman–Crippen MR) is 117 cm³/mol. The van der Waals surface area contributed by atoms with Crippen molar-refractivity contribution in [3.8, 4) is 23.3 Å². The molecule has 3 heterocycles. The molecule has 34 heavy (non-hydrogen) atoms. The van der Waals surface area contributed by atoms with E-state index in [9.17, 15) is 31.2 Å². The zero-order chi connectivity index (χ0) is 24.8. The number of fused-ring (bicyclic) bond motifs is 1. The Bertz CT molecular complexity index is 1520. The van der Waals surface area contributed by atoms with E-state index >= 15 is 0 Å². The van der Waals surface area contributed by atoms with Crippen molar-refractivity contribution in [2.45, 2.75) is 31.0 Å². The maximum absolute atomic E-state index is 14.3. The van der Waals surface area contributed by atoms with Gasteiger partial charge in [0.05, 0.1) is 28.0 Å². The first-order valence-corrected chi connectivity index (χ1v) is 12.1. The fourth-order valence-corrected chi connectivity index (χ4v) is 5.06. The van der Waals surface area contributed by atoms with Crippen molar-refractivity contribution in [2.24, 2.45) is 0 Å². The molecule has 7 nitrogen and oxygen atoms in total. The average Bonchev–Trinajstić information content (AvgIpc) is 3.39. The molecule has 0 spiro atoms. The van der Waals surface area contributed by atoms with E-state index in [-0.39, 0.29) is 17.0 Å². The highest BCUT2D eigenvalue weighted by Gasteiger charge is 2.39. The Kier molecular flexibility index (Phi) is 5.92. The fraction of sp³-hybridized carbons (Fsp3) is 0.190. The SMILES string of the molecule is Cc1cc2c(cc1F)c(C#N)c(-c1ccc(S(=O)(=O)NC(C)C(F)(F)F)cn1)n2-c1cscn1. The lowest BCUT2D eigenvalue weighted by molar-refractivity contribution is -0.147. The van der Waals surface area contributed by atoms with Crippen LogP contribution in [0.3, 0.4) is 0 Å². The van der Waals surface area contributed by atoms with Crippen LogP contribution in [0.2, 0.25) is 0 Å². The first kappa shape index (κ1) is 23.8. The number of benzene rings is 1. The number of nitrogens with one attached hydrogen (secondary N) is 1. The number of aryl methyl sites for hydroxylation is 1. The number of halogens is 4. The molecule has 1 N–H and O–H groups in total. The van der Waals surface area contributed by atoms with Crippen molar-refractivity contribution < 1.29 is 26.0 Å². The second-order valence-electron chi connectivity index (χ2n) is 7.40. The Hall–Kier alpha value is -3.34. The Morgan fingerprint density at radius 3 is 2.53 bits per heavy atom. The van der Waals surface area contributed by atoms with E-state index in [0.29, 0.717) is 29.2 Å². The van der Waals surface area contributed by atoms with Crippen LogP contribution < -0.4 is 4.72 Å². The molecule has 0 fully saturated rings. The van der Waals surface area contributed by atoms with E-state index < -0.39 is 33.0 Å². The lowest BCUT2D eigenvalue weighted by Gasteiger charge is -2.17. The molecule has 4 aromatic rings. The Morgan fingerprint density at radius 2 is 1.97 bits per heavy atom. The van der Waals surface area contributed by atoms with Gasteiger partial charge in [0.25, 0.3) is 0 Å². The smallest absolute Gasteiger partial charge is 0.290 e. The molecule has 0 aliphatic carbocycles. The summed E-state index contributed by atoms with van der Waals surface area (Å²) in [5.41, 5.74) is 2.90. The number of thiazole rings is 1. The zero-order valence-corrected chi connectivity index (χ0v) is 19.2. The standard InChI is InChI=1S/C21H15F4N5O2S2/c1-11-5-18-14(6-16(11)22)15(7-26)20(30(18)19-9-33-10-28-19)17-4-3-13(8-27-17)34(31,32)29-12(2)21(23,24)25/h3-6,8-10,12,29H,1-2H3. The summed E-state index contributed by atoms with van der Waals surface area (Å²) in [5, 5.41) is 11.9. The second kappa shape index (κ2) is 8.46. The minimum Gasteiger partial charge on any atom is -0.290 e. The molecular formula is C21H15F4N5O2S2. The van der Waals surface area contributed by atoms with E-state index in [1.54, 1.807) is 33.2 Å². The molecule has 4 rings (SSSR count). The molecule has 3 aromatic heterocycles. The molecule has 1 unspecified atom stereocenters. The van der Waals surface area contributed by atoms with E-state index in [2.05, 4.69) is 9.97 Å². The zero-order valence-electron chi connectivity index (χ0n) is 17.6. The minimum absolute atomic E-state index is 0.0915. The number of nitrogens with zero attached hydrogens (tertiary/aromatic N) is 4. The van der Waals surface area contributed by atoms with Crippen molar-refractivity contribution in [3.05, 3.63) is 58.3 Å². The van der Waals surface area contributed by atoms with E-state index in [1.165, 1.54) is 23.5 Å². The molecule has 1 aromatic carbocycles. The van der Waals surface area contributed by atoms with Gasteiger partial charge in [-0.2, -0.15) is 23.2 Å². The molecule has 176 valence electrons. The monoisotopic (exact) mass is 509 g/mol. The number of hydrogen-bond acceptors (Lipinski definition) is 6. The number of aromatic nitrogens is 3. The summed E-state index contributed by atoms with van der Waals surface area (Å²) in [7, 11) is -4.51. The van der Waals surface area contributed by atoms with Gasteiger partial charge in [0, 0.05) is 17.0 Å². The number of pyridine rings is 1. The molecule has 0 radical (unpaired) electrons. The van der Waals surface area contributed by atoms with Gasteiger partial charge in [0.15, 0.2) is 0 Å². The van der Waals surface area contributed by atoms with Crippen LogP contribution in [0, 0.1) is 24.1 Å². The topological polar surface area (TPSA) is 101 Å². The summed E-state index contributed by atoms with van der Waals surface area (Å²) in [6.07, 6.45) is -3.86. The summed E-state index contributed by atoms with van der Waals surface area (Å²) >= 11 is 1.30. The van der Waals surface area contributed by atoms with Crippen LogP contribution in [0.15, 0.2) is 46.2 Å². The van der Waals surface area contributed by atoms with Gasteiger partial charge in [0.1, 0.15) is 28.6 Å². The fourth-order valence-electron chi connectivity index (χ4n) is 3.37. The first-order chi connectivity index (χ1) is 15.9. The molecular weight excluding hydrogens is 494 g/mol. The maximum atomic E-state index is 14.3. The van der Waals surface area contributed by atoms with Crippen LogP contribution in [-0.2, 0) is 10.0 Å². The number of hydrogen-bond donors (Lipinski definition) is 1. The summed E-state index contributed by atoms with van der Waals surface area (Å²) in [6.45, 7) is 2.26. The van der Waals surface area contributed by atoms with Crippen LogP contribution in [-0.4, -0.2) is 35.2 Å². The molecule has 0 aliphatic rings. The normalized spacial score (nSPS) is 13.2. The largest absolute Gasteiger partial charge is 0.404 e. The molecule has 13 heteroatoms. The summed E-state index contributed by atoms with van der Waals surface area (Å²) in [4.78, 5) is 7.90. The van der Waals surface area contributed by atoms with Gasteiger partial charge in [0.2, 0.25) is 10.0 Å². The predicted octanol–water partition coefficient (Wildman–Crippen LogP) is 4.70. The van der Waals surface area contributed by atoms with E-state index in [0.717, 1.165) is 12.3 Å². The minimum atomic E-state index is -4.76. The highest BCUT2D eigenvalue weighted by molar-refractivity contribution is 7.89. The lowest BCUT2D eigenvalue weighted by atomic mass is 10.1. The number of alkyl halides is 3. The third-order valence-electron chi connectivity index (χ3n) is 5.12. The average molecular weight is 510 g/mol. The number of rotatable bonds is 5. The molecule has 0 aliphatic heterocycles. The van der Waals surface area contributed by atoms with Gasteiger partial charge in [-0.1, -0.05) is 0 Å². The quantitative estimate of drug-likeness (QED) is 0.393. The van der Waals surface area contributed by atoms with Crippen LogP contribution in [0.1, 0.15) is 18.1 Å². The number of sulfonamides is 1. The Morgan fingerprint density at radius 1 is 1.24 bits per heavy atom. The number of nitriles is 1. The third-order valence-corrected chi connectivity index (χ3v) is 7.22. The third kappa shape index (κ3) is 4.15. The Labute approximate surface area is 195 Å². The van der Waals surface area contributed by atoms with Crippen molar-refractivity contribution in [2.75, 3.05) is 0 Å². The van der Waals surface area contributed by atoms with E-state index in [4.69, 9.17) is 0 Å². The van der Waals surface area contributed by atoms with Crippen molar-refractivity contribution in [1.82, 2.24) is 19.3 Å². The van der Waals surface area contributed by atoms with Gasteiger partial charge in [-0.25, -0.2) is 17.8 Å². The van der Waals surface area contributed by atoms with Crippen molar-refractivity contribution in [3.63, 3.8) is 0 Å². The van der Waals surface area contributed by atoms with Crippen molar-refractivity contribution in [1.29, 1.82) is 5.26 Å². The van der Waals surface area contributed by atoms with Crippen LogP contribution in [0.4, 0.5) is 17.6 Å². The molecule has 0 saturated heterocycles. The summed E-state index contributed by atoms with van der Waals surface area (Å²) in [6, 6.07) is 4.90. The lowest BCUT2D eigenvalue weighted by Crippen LogP contribution is -2.42.